The van der Waals surface area contributed by atoms with Gasteiger partial charge in [0.1, 0.15) is 25.0 Å². The number of aliphatic hydroxyl groups is 1. The summed E-state index contributed by atoms with van der Waals surface area (Å²) in [5.41, 5.74) is 1.90. The van der Waals surface area contributed by atoms with E-state index >= 15 is 0 Å². The van der Waals surface area contributed by atoms with Gasteiger partial charge in [-0.3, -0.25) is 4.79 Å². The summed E-state index contributed by atoms with van der Waals surface area (Å²) in [5, 5.41) is 10.2. The first kappa shape index (κ1) is 18.6. The Bertz CT molecular complexity index is 676. The van der Waals surface area contributed by atoms with Crippen LogP contribution in [0.2, 0.25) is 0 Å². The highest BCUT2D eigenvalue weighted by Crippen LogP contribution is 2.15. The number of carbonyl (C=O) groups excluding carboxylic acids is 1. The van der Waals surface area contributed by atoms with E-state index < -0.39 is 6.10 Å². The number of nitrogens with zero attached hydrogens (tertiary/aromatic N) is 1. The number of piperazine rings is 1. The second-order valence-electron chi connectivity index (χ2n) is 6.79. The second-order valence-corrected chi connectivity index (χ2v) is 6.79. The van der Waals surface area contributed by atoms with Crippen molar-refractivity contribution in [2.45, 2.75) is 19.6 Å². The number of quaternary nitrogens is 1. The summed E-state index contributed by atoms with van der Waals surface area (Å²) >= 11 is 0. The maximum atomic E-state index is 11.4. The summed E-state index contributed by atoms with van der Waals surface area (Å²) in [4.78, 5) is 15.1. The van der Waals surface area contributed by atoms with E-state index in [-0.39, 0.29) is 5.78 Å². The van der Waals surface area contributed by atoms with Gasteiger partial charge >= 0.3 is 0 Å². The second kappa shape index (κ2) is 8.98. The van der Waals surface area contributed by atoms with Crippen molar-refractivity contribution >= 4 is 11.5 Å². The molecular formula is C20H27N2O4+. The molecule has 0 saturated carbocycles. The molecule has 1 aromatic heterocycles. The Morgan fingerprint density at radius 1 is 1.27 bits per heavy atom. The number of hydrogen-bond acceptors (Lipinski definition) is 5. The third kappa shape index (κ3) is 5.17. The molecule has 1 saturated heterocycles. The third-order valence-electron chi connectivity index (χ3n) is 4.77. The van der Waals surface area contributed by atoms with Gasteiger partial charge in [-0.15, -0.1) is 0 Å². The summed E-state index contributed by atoms with van der Waals surface area (Å²) in [6, 6.07) is 11.5. The molecule has 2 aromatic rings. The Morgan fingerprint density at radius 2 is 2.00 bits per heavy atom. The monoisotopic (exact) mass is 359 g/mol. The van der Waals surface area contributed by atoms with Crippen LogP contribution in [0.3, 0.4) is 0 Å². The molecule has 2 N–H and O–H groups in total. The Balaban J connectivity index is 1.38. The lowest BCUT2D eigenvalue weighted by molar-refractivity contribution is -0.903. The first-order valence-electron chi connectivity index (χ1n) is 9.09. The zero-order valence-corrected chi connectivity index (χ0v) is 15.2. The largest absolute Gasteiger partial charge is 0.467 e. The van der Waals surface area contributed by atoms with E-state index in [2.05, 4.69) is 4.90 Å². The zero-order valence-electron chi connectivity index (χ0n) is 15.2. The van der Waals surface area contributed by atoms with Gasteiger partial charge in [-0.25, -0.2) is 0 Å². The lowest BCUT2D eigenvalue weighted by Crippen LogP contribution is -3.16. The SMILES string of the molecule is CC(=O)c1ccc(N2CC[NH+](C[C@H](O)COCc3ccco3)CC2)cc1. The number of rotatable bonds is 8. The Hall–Kier alpha value is -2.15. The molecule has 6 heteroatoms. The summed E-state index contributed by atoms with van der Waals surface area (Å²) in [7, 11) is 0. The van der Waals surface area contributed by atoms with Crippen LogP contribution in [-0.2, 0) is 11.3 Å². The first-order valence-corrected chi connectivity index (χ1v) is 9.09. The number of hydrogen-bond donors (Lipinski definition) is 2. The Morgan fingerprint density at radius 3 is 2.62 bits per heavy atom. The molecule has 1 aliphatic rings. The van der Waals surface area contributed by atoms with Gasteiger partial charge in [0, 0.05) is 11.3 Å². The van der Waals surface area contributed by atoms with Crippen molar-refractivity contribution in [3.05, 3.63) is 54.0 Å². The van der Waals surface area contributed by atoms with Crippen LogP contribution in [0.25, 0.3) is 0 Å². The summed E-state index contributed by atoms with van der Waals surface area (Å²) in [6.07, 6.45) is 1.15. The molecule has 0 unspecified atom stereocenters. The van der Waals surface area contributed by atoms with Crippen molar-refractivity contribution in [2.75, 3.05) is 44.2 Å². The van der Waals surface area contributed by atoms with Crippen LogP contribution in [0, 0.1) is 0 Å². The average molecular weight is 359 g/mol. The van der Waals surface area contributed by atoms with Crippen molar-refractivity contribution in [2.24, 2.45) is 0 Å². The molecule has 1 fully saturated rings. The van der Waals surface area contributed by atoms with Crippen LogP contribution in [0.15, 0.2) is 47.1 Å². The number of furan rings is 1. The zero-order chi connectivity index (χ0) is 18.4. The lowest BCUT2D eigenvalue weighted by atomic mass is 10.1. The van der Waals surface area contributed by atoms with Gasteiger partial charge in [-0.2, -0.15) is 0 Å². The van der Waals surface area contributed by atoms with Crippen LogP contribution >= 0.6 is 0 Å². The van der Waals surface area contributed by atoms with E-state index in [4.69, 9.17) is 9.15 Å². The van der Waals surface area contributed by atoms with Gasteiger partial charge < -0.3 is 24.1 Å². The van der Waals surface area contributed by atoms with Gasteiger partial charge in [-0.05, 0) is 43.3 Å². The third-order valence-corrected chi connectivity index (χ3v) is 4.77. The predicted molar refractivity (Wildman–Crippen MR) is 98.6 cm³/mol. The highest BCUT2D eigenvalue weighted by Gasteiger charge is 2.22. The number of aliphatic hydroxyl groups excluding tert-OH is 1. The molecule has 1 aliphatic heterocycles. The molecule has 2 heterocycles. The minimum absolute atomic E-state index is 0.0917. The Kier molecular flexibility index (Phi) is 6.44. The average Bonchev–Trinajstić information content (AvgIpc) is 3.16. The van der Waals surface area contributed by atoms with E-state index in [0.29, 0.717) is 19.8 Å². The Labute approximate surface area is 154 Å². The van der Waals surface area contributed by atoms with E-state index in [1.807, 2.05) is 36.4 Å². The van der Waals surface area contributed by atoms with Crippen LogP contribution in [0.1, 0.15) is 23.0 Å². The topological polar surface area (TPSA) is 67.4 Å². The number of nitrogens with one attached hydrogen (secondary N) is 1. The van der Waals surface area contributed by atoms with E-state index in [1.54, 1.807) is 13.2 Å². The molecular weight excluding hydrogens is 332 g/mol. The predicted octanol–water partition coefficient (Wildman–Crippen LogP) is 0.765. The minimum Gasteiger partial charge on any atom is -0.467 e. The molecule has 0 aliphatic carbocycles. The molecule has 0 radical (unpaired) electrons. The normalized spacial score (nSPS) is 16.6. The van der Waals surface area contributed by atoms with Crippen molar-refractivity contribution in [1.29, 1.82) is 0 Å². The summed E-state index contributed by atoms with van der Waals surface area (Å²) < 4.78 is 10.7. The standard InChI is InChI=1S/C20H26N2O4/c1-16(23)17-4-6-18(7-5-17)22-10-8-21(9-11-22)13-19(24)14-25-15-20-3-2-12-26-20/h2-7,12,19,24H,8-11,13-15H2,1H3/p+1/t19-/m0/s1. The number of Topliss-reactive ketones (excluding diaryl/α,β-unsaturated/α-hetero) is 1. The molecule has 0 spiro atoms. The minimum atomic E-state index is -0.471. The number of ketones is 1. The highest BCUT2D eigenvalue weighted by molar-refractivity contribution is 5.94. The van der Waals surface area contributed by atoms with Gasteiger partial charge in [0.15, 0.2) is 5.78 Å². The first-order chi connectivity index (χ1) is 12.6. The van der Waals surface area contributed by atoms with Gasteiger partial charge in [0.25, 0.3) is 0 Å². The number of carbonyl (C=O) groups is 1. The van der Waals surface area contributed by atoms with Crippen LogP contribution in [0.5, 0.6) is 0 Å². The molecule has 26 heavy (non-hydrogen) atoms. The fourth-order valence-electron chi connectivity index (χ4n) is 3.27. The van der Waals surface area contributed by atoms with Gasteiger partial charge in [-0.1, -0.05) is 0 Å². The van der Waals surface area contributed by atoms with E-state index in [1.165, 1.54) is 4.90 Å². The highest BCUT2D eigenvalue weighted by atomic mass is 16.5. The lowest BCUT2D eigenvalue weighted by Gasteiger charge is -2.34. The van der Waals surface area contributed by atoms with Crippen molar-refractivity contribution in [3.63, 3.8) is 0 Å². The molecule has 1 aromatic carbocycles. The van der Waals surface area contributed by atoms with Crippen LogP contribution in [-0.4, -0.2) is 56.3 Å². The summed E-state index contributed by atoms with van der Waals surface area (Å²) in [5.74, 6) is 0.864. The molecule has 1 atom stereocenters. The fourth-order valence-corrected chi connectivity index (χ4v) is 3.27. The number of benzene rings is 1. The molecule has 140 valence electrons. The quantitative estimate of drug-likeness (QED) is 0.682. The van der Waals surface area contributed by atoms with Crippen molar-refractivity contribution in [3.8, 4) is 0 Å². The van der Waals surface area contributed by atoms with Crippen LogP contribution < -0.4 is 9.80 Å². The molecule has 0 amide bonds. The molecule has 0 bridgehead atoms. The van der Waals surface area contributed by atoms with Crippen molar-refractivity contribution < 1.29 is 24.0 Å². The number of ether oxygens (including phenoxy) is 1. The fraction of sp³-hybridized carbons (Fsp3) is 0.450. The molecule has 6 nitrogen and oxygen atoms in total. The molecule has 3 rings (SSSR count). The smallest absolute Gasteiger partial charge is 0.159 e. The van der Waals surface area contributed by atoms with Gasteiger partial charge in [0.05, 0.1) is 39.0 Å². The van der Waals surface area contributed by atoms with Gasteiger partial charge in [0.2, 0.25) is 0 Å². The maximum Gasteiger partial charge on any atom is 0.159 e. The van der Waals surface area contributed by atoms with Crippen molar-refractivity contribution in [1.82, 2.24) is 0 Å². The van der Waals surface area contributed by atoms with E-state index in [9.17, 15) is 9.90 Å². The van der Waals surface area contributed by atoms with E-state index in [0.717, 1.165) is 43.2 Å². The number of anilines is 1. The summed E-state index contributed by atoms with van der Waals surface area (Å²) in [6.45, 7) is 6.82. The van der Waals surface area contributed by atoms with Crippen LogP contribution in [0.4, 0.5) is 5.69 Å². The maximum absolute atomic E-state index is 11.4.